The van der Waals surface area contributed by atoms with Crippen molar-refractivity contribution in [3.05, 3.63) is 58.7 Å². The van der Waals surface area contributed by atoms with Crippen LogP contribution in [0.3, 0.4) is 0 Å². The standard InChI is InChI=1S/C18H19NO4/c1-11-6-12(2)8-15(7-11)23-10-17(20)19-16-5-4-14(18(21)22)9-13(16)3/h4-9H,10H2,1-3H3,(H,19,20)(H,21,22). The first-order valence-corrected chi connectivity index (χ1v) is 7.20. The van der Waals surface area contributed by atoms with Crippen LogP contribution in [-0.2, 0) is 4.79 Å². The van der Waals surface area contributed by atoms with Gasteiger partial charge in [0.15, 0.2) is 6.61 Å². The summed E-state index contributed by atoms with van der Waals surface area (Å²) in [5, 5.41) is 11.6. The van der Waals surface area contributed by atoms with Crippen LogP contribution in [0.2, 0.25) is 0 Å². The highest BCUT2D eigenvalue weighted by atomic mass is 16.5. The third kappa shape index (κ3) is 4.57. The van der Waals surface area contributed by atoms with Gasteiger partial charge in [-0.3, -0.25) is 4.79 Å². The maximum atomic E-state index is 12.0. The van der Waals surface area contributed by atoms with E-state index in [1.54, 1.807) is 13.0 Å². The molecule has 2 aromatic carbocycles. The molecule has 5 nitrogen and oxygen atoms in total. The Labute approximate surface area is 134 Å². The summed E-state index contributed by atoms with van der Waals surface area (Å²) in [5.74, 6) is -0.643. The lowest BCUT2D eigenvalue weighted by Gasteiger charge is -2.11. The van der Waals surface area contributed by atoms with Crippen LogP contribution >= 0.6 is 0 Å². The minimum atomic E-state index is -0.996. The van der Waals surface area contributed by atoms with Gasteiger partial charge in [0.25, 0.3) is 5.91 Å². The molecule has 0 atom stereocenters. The van der Waals surface area contributed by atoms with Crippen molar-refractivity contribution in [1.29, 1.82) is 0 Å². The predicted octanol–water partition coefficient (Wildman–Crippen LogP) is 3.33. The van der Waals surface area contributed by atoms with Gasteiger partial charge in [-0.15, -0.1) is 0 Å². The molecule has 0 unspecified atom stereocenters. The largest absolute Gasteiger partial charge is 0.484 e. The summed E-state index contributed by atoms with van der Waals surface area (Å²) >= 11 is 0. The molecule has 0 aromatic heterocycles. The summed E-state index contributed by atoms with van der Waals surface area (Å²) < 4.78 is 5.50. The Morgan fingerprint density at radius 1 is 1.04 bits per heavy atom. The van der Waals surface area contributed by atoms with E-state index in [9.17, 15) is 9.59 Å². The molecule has 0 heterocycles. The number of carbonyl (C=O) groups excluding carboxylic acids is 1. The number of amides is 1. The third-order valence-corrected chi connectivity index (χ3v) is 3.31. The lowest BCUT2D eigenvalue weighted by molar-refractivity contribution is -0.118. The van der Waals surface area contributed by atoms with Crippen molar-refractivity contribution in [1.82, 2.24) is 0 Å². The molecule has 2 aromatic rings. The third-order valence-electron chi connectivity index (χ3n) is 3.31. The molecule has 2 N–H and O–H groups in total. The summed E-state index contributed by atoms with van der Waals surface area (Å²) in [6, 6.07) is 10.3. The zero-order chi connectivity index (χ0) is 17.0. The minimum absolute atomic E-state index is 0.108. The molecule has 23 heavy (non-hydrogen) atoms. The Bertz CT molecular complexity index is 732. The van der Waals surface area contributed by atoms with E-state index in [-0.39, 0.29) is 18.1 Å². The highest BCUT2D eigenvalue weighted by molar-refractivity contribution is 5.94. The molecular weight excluding hydrogens is 294 g/mol. The fourth-order valence-electron chi connectivity index (χ4n) is 2.29. The Kier molecular flexibility index (Phi) is 5.01. The number of hydrogen-bond donors (Lipinski definition) is 2. The molecule has 2 rings (SSSR count). The number of ether oxygens (including phenoxy) is 1. The molecule has 0 saturated heterocycles. The number of nitrogens with one attached hydrogen (secondary N) is 1. The first kappa shape index (κ1) is 16.5. The Hall–Kier alpha value is -2.82. The van der Waals surface area contributed by atoms with Crippen molar-refractivity contribution in [3.8, 4) is 5.75 Å². The van der Waals surface area contributed by atoms with Gasteiger partial charge in [-0.1, -0.05) is 6.07 Å². The van der Waals surface area contributed by atoms with Crippen LogP contribution < -0.4 is 10.1 Å². The van der Waals surface area contributed by atoms with Gasteiger partial charge in [0.2, 0.25) is 0 Å². The predicted molar refractivity (Wildman–Crippen MR) is 88.2 cm³/mol. The number of aryl methyl sites for hydroxylation is 3. The fourth-order valence-corrected chi connectivity index (χ4v) is 2.29. The monoisotopic (exact) mass is 313 g/mol. The van der Waals surface area contributed by atoms with Crippen LogP contribution in [0.25, 0.3) is 0 Å². The van der Waals surface area contributed by atoms with Gasteiger partial charge in [-0.05, 0) is 67.8 Å². The molecule has 120 valence electrons. The molecule has 0 bridgehead atoms. The number of rotatable bonds is 5. The van der Waals surface area contributed by atoms with Gasteiger partial charge < -0.3 is 15.2 Å². The number of carboxylic acid groups (broad SMARTS) is 1. The average molecular weight is 313 g/mol. The summed E-state index contributed by atoms with van der Waals surface area (Å²) in [6.07, 6.45) is 0. The van der Waals surface area contributed by atoms with Crippen molar-refractivity contribution in [2.24, 2.45) is 0 Å². The summed E-state index contributed by atoms with van der Waals surface area (Å²) in [5.41, 5.74) is 3.58. The van der Waals surface area contributed by atoms with Crippen molar-refractivity contribution in [3.63, 3.8) is 0 Å². The van der Waals surface area contributed by atoms with Crippen LogP contribution in [0, 0.1) is 20.8 Å². The lowest BCUT2D eigenvalue weighted by atomic mass is 10.1. The van der Waals surface area contributed by atoms with E-state index in [0.29, 0.717) is 17.0 Å². The maximum Gasteiger partial charge on any atom is 0.335 e. The first-order valence-electron chi connectivity index (χ1n) is 7.20. The number of carbonyl (C=O) groups is 2. The Morgan fingerprint density at radius 2 is 1.70 bits per heavy atom. The number of carboxylic acids is 1. The molecule has 0 aliphatic carbocycles. The number of anilines is 1. The van der Waals surface area contributed by atoms with Gasteiger partial charge in [-0.25, -0.2) is 4.79 Å². The van der Waals surface area contributed by atoms with Crippen LogP contribution in [0.5, 0.6) is 5.75 Å². The zero-order valence-electron chi connectivity index (χ0n) is 13.3. The van der Waals surface area contributed by atoms with Gasteiger partial charge in [0.05, 0.1) is 5.56 Å². The van der Waals surface area contributed by atoms with E-state index < -0.39 is 5.97 Å². The van der Waals surface area contributed by atoms with E-state index in [2.05, 4.69) is 5.32 Å². The molecule has 0 aliphatic rings. The minimum Gasteiger partial charge on any atom is -0.484 e. The van der Waals surface area contributed by atoms with Gasteiger partial charge >= 0.3 is 5.97 Å². The number of benzene rings is 2. The van der Waals surface area contributed by atoms with Crippen molar-refractivity contribution in [2.75, 3.05) is 11.9 Å². The summed E-state index contributed by atoms with van der Waals surface area (Å²) in [7, 11) is 0. The van der Waals surface area contributed by atoms with E-state index in [0.717, 1.165) is 11.1 Å². The lowest BCUT2D eigenvalue weighted by Crippen LogP contribution is -2.20. The molecular formula is C18H19NO4. The van der Waals surface area contributed by atoms with Gasteiger partial charge in [-0.2, -0.15) is 0 Å². The topological polar surface area (TPSA) is 75.6 Å². The fraction of sp³-hybridized carbons (Fsp3) is 0.222. The molecule has 0 radical (unpaired) electrons. The highest BCUT2D eigenvalue weighted by Crippen LogP contribution is 2.18. The zero-order valence-corrected chi connectivity index (χ0v) is 13.3. The van der Waals surface area contributed by atoms with Crippen molar-refractivity contribution in [2.45, 2.75) is 20.8 Å². The molecule has 0 saturated carbocycles. The smallest absolute Gasteiger partial charge is 0.335 e. The van der Waals surface area contributed by atoms with Gasteiger partial charge in [0, 0.05) is 5.69 Å². The maximum absolute atomic E-state index is 12.0. The summed E-state index contributed by atoms with van der Waals surface area (Å²) in [4.78, 5) is 22.9. The quantitative estimate of drug-likeness (QED) is 0.888. The van der Waals surface area contributed by atoms with E-state index in [1.807, 2.05) is 32.0 Å². The number of aromatic carboxylic acids is 1. The van der Waals surface area contributed by atoms with Crippen LogP contribution in [0.15, 0.2) is 36.4 Å². The first-order chi connectivity index (χ1) is 10.8. The van der Waals surface area contributed by atoms with Crippen molar-refractivity contribution < 1.29 is 19.4 Å². The van der Waals surface area contributed by atoms with E-state index in [4.69, 9.17) is 9.84 Å². The van der Waals surface area contributed by atoms with Crippen molar-refractivity contribution >= 4 is 17.6 Å². The van der Waals surface area contributed by atoms with Crippen LogP contribution in [0.1, 0.15) is 27.0 Å². The molecule has 1 amide bonds. The second kappa shape index (κ2) is 6.96. The average Bonchev–Trinajstić information content (AvgIpc) is 2.46. The highest BCUT2D eigenvalue weighted by Gasteiger charge is 2.09. The van der Waals surface area contributed by atoms with Gasteiger partial charge in [0.1, 0.15) is 5.75 Å². The SMILES string of the molecule is Cc1cc(C)cc(OCC(=O)Nc2ccc(C(=O)O)cc2C)c1. The van der Waals surface area contributed by atoms with E-state index >= 15 is 0 Å². The van der Waals surface area contributed by atoms with Crippen LogP contribution in [-0.4, -0.2) is 23.6 Å². The second-order valence-corrected chi connectivity index (χ2v) is 5.50. The Balaban J connectivity index is 1.98. The normalized spacial score (nSPS) is 10.2. The molecule has 0 aliphatic heterocycles. The Morgan fingerprint density at radius 3 is 2.26 bits per heavy atom. The summed E-state index contributed by atoms with van der Waals surface area (Å²) in [6.45, 7) is 5.57. The van der Waals surface area contributed by atoms with E-state index in [1.165, 1.54) is 12.1 Å². The molecule has 0 spiro atoms. The molecule has 0 fully saturated rings. The number of hydrogen-bond acceptors (Lipinski definition) is 3. The molecule has 5 heteroatoms. The van der Waals surface area contributed by atoms with Crippen LogP contribution in [0.4, 0.5) is 5.69 Å². The second-order valence-electron chi connectivity index (χ2n) is 5.50.